The van der Waals surface area contributed by atoms with Crippen LogP contribution in [0.5, 0.6) is 0 Å². The van der Waals surface area contributed by atoms with E-state index in [9.17, 15) is 4.79 Å². The predicted octanol–water partition coefficient (Wildman–Crippen LogP) is 4.07. The maximum absolute atomic E-state index is 12.3. The van der Waals surface area contributed by atoms with Crippen molar-refractivity contribution in [1.29, 1.82) is 0 Å². The van der Waals surface area contributed by atoms with Crippen molar-refractivity contribution in [1.82, 2.24) is 14.9 Å². The Morgan fingerprint density at radius 2 is 1.88 bits per heavy atom. The Hall–Kier alpha value is -2.62. The Bertz CT molecular complexity index is 834. The fourth-order valence-corrected chi connectivity index (χ4v) is 2.79. The van der Waals surface area contributed by atoms with Crippen molar-refractivity contribution in [3.63, 3.8) is 0 Å². The molecule has 0 spiro atoms. The molecule has 0 aliphatic carbocycles. The number of amides is 1. The second-order valence-corrected chi connectivity index (χ2v) is 6.07. The van der Waals surface area contributed by atoms with Crippen LogP contribution in [0.15, 0.2) is 48.5 Å². The number of fused-ring (bicyclic) bond motifs is 1. The van der Waals surface area contributed by atoms with Crippen LogP contribution in [0.3, 0.4) is 0 Å². The number of benzene rings is 2. The third-order valence-electron chi connectivity index (χ3n) is 4.19. The van der Waals surface area contributed by atoms with Crippen molar-refractivity contribution in [2.75, 3.05) is 0 Å². The highest BCUT2D eigenvalue weighted by molar-refractivity contribution is 5.94. The fourth-order valence-electron chi connectivity index (χ4n) is 2.79. The summed E-state index contributed by atoms with van der Waals surface area (Å²) in [5, 5.41) is 2.99. The third kappa shape index (κ3) is 3.48. The molecule has 3 aromatic rings. The molecule has 1 heterocycles. The summed E-state index contributed by atoms with van der Waals surface area (Å²) in [5.41, 5.74) is 3.93. The van der Waals surface area contributed by atoms with E-state index in [1.54, 1.807) is 0 Å². The average Bonchev–Trinajstić information content (AvgIpc) is 2.96. The number of carbonyl (C=O) groups is 1. The molecule has 0 aliphatic rings. The lowest BCUT2D eigenvalue weighted by Gasteiger charge is -2.10. The first kappa shape index (κ1) is 16.2. The van der Waals surface area contributed by atoms with Crippen molar-refractivity contribution < 1.29 is 4.79 Å². The summed E-state index contributed by atoms with van der Waals surface area (Å²) in [5.74, 6) is 0.842. The molecular weight excluding hydrogens is 298 g/mol. The fraction of sp³-hybridized carbons (Fsp3) is 0.300. The van der Waals surface area contributed by atoms with Gasteiger partial charge in [0.15, 0.2) is 0 Å². The van der Waals surface area contributed by atoms with E-state index in [0.29, 0.717) is 12.1 Å². The highest BCUT2D eigenvalue weighted by atomic mass is 16.1. The van der Waals surface area contributed by atoms with E-state index in [2.05, 4.69) is 22.9 Å². The molecule has 0 aliphatic heterocycles. The summed E-state index contributed by atoms with van der Waals surface area (Å²) in [6, 6.07) is 15.7. The van der Waals surface area contributed by atoms with Crippen molar-refractivity contribution in [3.8, 4) is 0 Å². The highest BCUT2D eigenvalue weighted by Gasteiger charge is 2.12. The van der Waals surface area contributed by atoms with Gasteiger partial charge < -0.3 is 9.88 Å². The number of imidazole rings is 1. The van der Waals surface area contributed by atoms with E-state index >= 15 is 0 Å². The number of hydrogen-bond acceptors (Lipinski definition) is 2. The summed E-state index contributed by atoms with van der Waals surface area (Å²) in [6.45, 7) is 5.55. The lowest BCUT2D eigenvalue weighted by atomic mass is 10.1. The standard InChI is InChI=1S/C20H23N3O/c1-3-4-13-23-18-8-6-5-7-17(18)22-19(23)14-21-20(24)16-11-9-15(2)10-12-16/h5-12H,3-4,13-14H2,1-2H3,(H,21,24). The van der Waals surface area contributed by atoms with Gasteiger partial charge in [0.1, 0.15) is 5.82 Å². The number of rotatable bonds is 6. The molecule has 1 N–H and O–H groups in total. The van der Waals surface area contributed by atoms with Gasteiger partial charge >= 0.3 is 0 Å². The Morgan fingerprint density at radius 1 is 1.12 bits per heavy atom. The number of unbranched alkanes of at least 4 members (excludes halogenated alkanes) is 1. The molecule has 4 nitrogen and oxygen atoms in total. The number of carbonyl (C=O) groups excluding carboxylic acids is 1. The number of para-hydroxylation sites is 2. The van der Waals surface area contributed by atoms with Gasteiger partial charge in [-0.05, 0) is 37.6 Å². The van der Waals surface area contributed by atoms with Gasteiger partial charge in [-0.1, -0.05) is 43.2 Å². The molecule has 2 aromatic carbocycles. The molecular formula is C20H23N3O. The van der Waals surface area contributed by atoms with Crippen LogP contribution < -0.4 is 5.32 Å². The molecule has 3 rings (SSSR count). The molecule has 0 bridgehead atoms. The van der Waals surface area contributed by atoms with Crippen LogP contribution in [0.4, 0.5) is 0 Å². The Labute approximate surface area is 142 Å². The van der Waals surface area contributed by atoms with Gasteiger partial charge in [0.25, 0.3) is 5.91 Å². The van der Waals surface area contributed by atoms with Crippen LogP contribution in [-0.2, 0) is 13.1 Å². The Morgan fingerprint density at radius 3 is 2.62 bits per heavy atom. The smallest absolute Gasteiger partial charge is 0.251 e. The lowest BCUT2D eigenvalue weighted by Crippen LogP contribution is -2.24. The van der Waals surface area contributed by atoms with Crippen molar-refractivity contribution >= 4 is 16.9 Å². The summed E-state index contributed by atoms with van der Waals surface area (Å²) in [4.78, 5) is 17.0. The first-order chi connectivity index (χ1) is 11.7. The Balaban J connectivity index is 1.78. The molecule has 124 valence electrons. The zero-order valence-electron chi connectivity index (χ0n) is 14.2. The lowest BCUT2D eigenvalue weighted by molar-refractivity contribution is 0.0949. The summed E-state index contributed by atoms with van der Waals surface area (Å²) >= 11 is 0. The van der Waals surface area contributed by atoms with E-state index < -0.39 is 0 Å². The molecule has 1 amide bonds. The van der Waals surface area contributed by atoms with Crippen molar-refractivity contribution in [2.45, 2.75) is 39.8 Å². The summed E-state index contributed by atoms with van der Waals surface area (Å²) in [7, 11) is 0. The van der Waals surface area contributed by atoms with Gasteiger partial charge in [-0.25, -0.2) is 4.98 Å². The highest BCUT2D eigenvalue weighted by Crippen LogP contribution is 2.17. The quantitative estimate of drug-likeness (QED) is 0.744. The zero-order valence-corrected chi connectivity index (χ0v) is 14.2. The third-order valence-corrected chi connectivity index (χ3v) is 4.19. The van der Waals surface area contributed by atoms with E-state index in [0.717, 1.165) is 41.8 Å². The van der Waals surface area contributed by atoms with Crippen molar-refractivity contribution in [3.05, 3.63) is 65.5 Å². The number of hydrogen-bond donors (Lipinski definition) is 1. The first-order valence-electron chi connectivity index (χ1n) is 8.48. The van der Waals surface area contributed by atoms with E-state index in [-0.39, 0.29) is 5.91 Å². The second-order valence-electron chi connectivity index (χ2n) is 6.07. The minimum absolute atomic E-state index is 0.0657. The van der Waals surface area contributed by atoms with E-state index in [1.807, 2.05) is 49.4 Å². The van der Waals surface area contributed by atoms with Gasteiger partial charge in [0, 0.05) is 12.1 Å². The number of aromatic nitrogens is 2. The average molecular weight is 321 g/mol. The molecule has 0 saturated heterocycles. The normalized spacial score (nSPS) is 10.9. The SMILES string of the molecule is CCCCn1c(CNC(=O)c2ccc(C)cc2)nc2ccccc21. The van der Waals surface area contributed by atoms with Gasteiger partial charge in [-0.15, -0.1) is 0 Å². The molecule has 0 saturated carbocycles. The molecule has 0 atom stereocenters. The van der Waals surface area contributed by atoms with Crippen LogP contribution in [-0.4, -0.2) is 15.5 Å². The van der Waals surface area contributed by atoms with Gasteiger partial charge in [0.2, 0.25) is 0 Å². The van der Waals surface area contributed by atoms with Gasteiger partial charge in [-0.2, -0.15) is 0 Å². The summed E-state index contributed by atoms with van der Waals surface area (Å²) < 4.78 is 2.22. The number of nitrogens with zero attached hydrogens (tertiary/aromatic N) is 2. The molecule has 24 heavy (non-hydrogen) atoms. The zero-order chi connectivity index (χ0) is 16.9. The maximum Gasteiger partial charge on any atom is 0.251 e. The van der Waals surface area contributed by atoms with Crippen LogP contribution in [0, 0.1) is 6.92 Å². The van der Waals surface area contributed by atoms with Crippen molar-refractivity contribution in [2.24, 2.45) is 0 Å². The summed E-state index contributed by atoms with van der Waals surface area (Å²) in [6.07, 6.45) is 2.22. The van der Waals surface area contributed by atoms with Crippen LogP contribution >= 0.6 is 0 Å². The number of nitrogens with one attached hydrogen (secondary N) is 1. The molecule has 0 unspecified atom stereocenters. The van der Waals surface area contributed by atoms with Crippen LogP contribution in [0.2, 0.25) is 0 Å². The van der Waals surface area contributed by atoms with Crippen LogP contribution in [0.25, 0.3) is 11.0 Å². The minimum Gasteiger partial charge on any atom is -0.345 e. The van der Waals surface area contributed by atoms with E-state index in [1.165, 1.54) is 0 Å². The molecule has 1 aromatic heterocycles. The number of aryl methyl sites for hydroxylation is 2. The molecule has 4 heteroatoms. The molecule has 0 fully saturated rings. The topological polar surface area (TPSA) is 46.9 Å². The minimum atomic E-state index is -0.0657. The Kier molecular flexibility index (Phi) is 4.94. The van der Waals surface area contributed by atoms with Gasteiger partial charge in [0.05, 0.1) is 17.6 Å². The van der Waals surface area contributed by atoms with Crippen LogP contribution in [0.1, 0.15) is 41.5 Å². The second kappa shape index (κ2) is 7.30. The molecule has 0 radical (unpaired) electrons. The maximum atomic E-state index is 12.3. The van der Waals surface area contributed by atoms with Gasteiger partial charge in [-0.3, -0.25) is 4.79 Å². The first-order valence-corrected chi connectivity index (χ1v) is 8.48. The largest absolute Gasteiger partial charge is 0.345 e. The van der Waals surface area contributed by atoms with E-state index in [4.69, 9.17) is 4.98 Å². The predicted molar refractivity (Wildman–Crippen MR) is 97.0 cm³/mol. The monoisotopic (exact) mass is 321 g/mol.